The predicted octanol–water partition coefficient (Wildman–Crippen LogP) is 0.0200. The molecule has 0 saturated carbocycles. The molecule has 0 saturated heterocycles. The molecular formula is C9H15N3O3S. The molecule has 1 heterocycles. The molecule has 16 heavy (non-hydrogen) atoms. The van der Waals surface area contributed by atoms with Crippen molar-refractivity contribution in [3.05, 3.63) is 18.2 Å². The van der Waals surface area contributed by atoms with Crippen LogP contribution in [0.2, 0.25) is 0 Å². The number of carbonyl (C=O) groups excluding carboxylic acids is 1. The van der Waals surface area contributed by atoms with Crippen LogP contribution in [0.3, 0.4) is 0 Å². The summed E-state index contributed by atoms with van der Waals surface area (Å²) in [7, 11) is -3.41. The predicted molar refractivity (Wildman–Crippen MR) is 59.5 cm³/mol. The van der Waals surface area contributed by atoms with Crippen LogP contribution in [0.1, 0.15) is 25.5 Å². The van der Waals surface area contributed by atoms with Gasteiger partial charge in [-0.2, -0.15) is 0 Å². The van der Waals surface area contributed by atoms with Crippen LogP contribution in [0.15, 0.2) is 12.5 Å². The second-order valence-electron chi connectivity index (χ2n) is 3.76. The summed E-state index contributed by atoms with van der Waals surface area (Å²) in [4.78, 5) is 18.2. The highest BCUT2D eigenvalue weighted by molar-refractivity contribution is 7.88. The van der Waals surface area contributed by atoms with Crippen molar-refractivity contribution in [2.45, 2.75) is 25.8 Å². The fourth-order valence-corrected chi connectivity index (χ4v) is 2.29. The number of nitrogens with one attached hydrogen (secondary N) is 2. The van der Waals surface area contributed by atoms with Gasteiger partial charge in [0.1, 0.15) is 5.78 Å². The monoisotopic (exact) mass is 245 g/mol. The number of aromatic nitrogens is 2. The summed E-state index contributed by atoms with van der Waals surface area (Å²) in [5.74, 6) is -0.542. The Morgan fingerprint density at radius 2 is 2.19 bits per heavy atom. The van der Waals surface area contributed by atoms with Crippen molar-refractivity contribution >= 4 is 15.8 Å². The Morgan fingerprint density at radius 3 is 2.56 bits per heavy atom. The molecule has 90 valence electrons. The maximum absolute atomic E-state index is 11.4. The Morgan fingerprint density at radius 1 is 1.56 bits per heavy atom. The Bertz CT molecular complexity index is 452. The molecule has 6 nitrogen and oxygen atoms in total. The topological polar surface area (TPSA) is 91.9 Å². The van der Waals surface area contributed by atoms with E-state index in [2.05, 4.69) is 14.7 Å². The van der Waals surface area contributed by atoms with Crippen LogP contribution >= 0.6 is 0 Å². The molecule has 0 aliphatic carbocycles. The molecule has 0 spiro atoms. The molecule has 0 fully saturated rings. The number of nitrogens with zero attached hydrogens (tertiary/aromatic N) is 1. The SMILES string of the molecule is CC(=O)[C@@H](NS(C)(=O)=O)C(C)c1c[nH]cn1. The van der Waals surface area contributed by atoms with Crippen LogP contribution < -0.4 is 4.72 Å². The number of H-pyrrole nitrogens is 1. The number of sulfonamides is 1. The maximum Gasteiger partial charge on any atom is 0.209 e. The third-order valence-corrected chi connectivity index (χ3v) is 2.95. The first-order valence-corrected chi connectivity index (χ1v) is 6.67. The van der Waals surface area contributed by atoms with E-state index in [4.69, 9.17) is 0 Å². The number of hydrogen-bond acceptors (Lipinski definition) is 4. The molecule has 0 aromatic carbocycles. The minimum Gasteiger partial charge on any atom is -0.351 e. The van der Waals surface area contributed by atoms with Crippen molar-refractivity contribution < 1.29 is 13.2 Å². The number of imidazole rings is 1. The van der Waals surface area contributed by atoms with E-state index in [0.29, 0.717) is 5.69 Å². The van der Waals surface area contributed by atoms with Gasteiger partial charge in [0.25, 0.3) is 0 Å². The molecule has 1 rings (SSSR count). The zero-order chi connectivity index (χ0) is 12.3. The van der Waals surface area contributed by atoms with Crippen LogP contribution in [-0.4, -0.2) is 36.5 Å². The smallest absolute Gasteiger partial charge is 0.209 e. The van der Waals surface area contributed by atoms with E-state index in [-0.39, 0.29) is 11.7 Å². The summed E-state index contributed by atoms with van der Waals surface area (Å²) in [6.07, 6.45) is 4.16. The van der Waals surface area contributed by atoms with Gasteiger partial charge in [0.2, 0.25) is 10.0 Å². The third kappa shape index (κ3) is 3.42. The van der Waals surface area contributed by atoms with Gasteiger partial charge < -0.3 is 4.98 Å². The Balaban J connectivity index is 2.91. The first-order valence-electron chi connectivity index (χ1n) is 4.77. The Hall–Kier alpha value is -1.21. The van der Waals surface area contributed by atoms with Crippen molar-refractivity contribution in [1.82, 2.24) is 14.7 Å². The highest BCUT2D eigenvalue weighted by Gasteiger charge is 2.27. The Labute approximate surface area is 94.5 Å². The number of aromatic amines is 1. The van der Waals surface area contributed by atoms with Crippen LogP contribution in [-0.2, 0) is 14.8 Å². The molecule has 2 N–H and O–H groups in total. The molecule has 0 aliphatic heterocycles. The fraction of sp³-hybridized carbons (Fsp3) is 0.556. The van der Waals surface area contributed by atoms with E-state index >= 15 is 0 Å². The van der Waals surface area contributed by atoms with Crippen LogP contribution in [0, 0.1) is 0 Å². The van der Waals surface area contributed by atoms with E-state index in [1.807, 2.05) is 0 Å². The van der Waals surface area contributed by atoms with Gasteiger partial charge in [0, 0.05) is 12.1 Å². The van der Waals surface area contributed by atoms with Gasteiger partial charge in [-0.3, -0.25) is 4.79 Å². The van der Waals surface area contributed by atoms with E-state index in [0.717, 1.165) is 6.26 Å². The van der Waals surface area contributed by atoms with Gasteiger partial charge in [-0.1, -0.05) is 6.92 Å². The second kappa shape index (κ2) is 4.75. The molecule has 0 amide bonds. The van der Waals surface area contributed by atoms with Gasteiger partial charge in [-0.05, 0) is 6.92 Å². The number of ketones is 1. The lowest BCUT2D eigenvalue weighted by molar-refractivity contribution is -0.119. The Kier molecular flexibility index (Phi) is 3.82. The molecule has 1 aromatic heterocycles. The first kappa shape index (κ1) is 12.9. The second-order valence-corrected chi connectivity index (χ2v) is 5.54. The number of rotatable bonds is 5. The molecule has 0 radical (unpaired) electrons. The molecule has 1 unspecified atom stereocenters. The maximum atomic E-state index is 11.4. The molecule has 1 aromatic rings. The summed E-state index contributed by atoms with van der Waals surface area (Å²) in [5, 5.41) is 0. The highest BCUT2D eigenvalue weighted by atomic mass is 32.2. The average Bonchev–Trinajstić information content (AvgIpc) is 2.63. The molecule has 7 heteroatoms. The minimum atomic E-state index is -3.41. The lowest BCUT2D eigenvalue weighted by Crippen LogP contribution is -2.42. The molecular weight excluding hydrogens is 230 g/mol. The fourth-order valence-electron chi connectivity index (χ4n) is 1.46. The largest absolute Gasteiger partial charge is 0.351 e. The summed E-state index contributed by atoms with van der Waals surface area (Å²) in [6.45, 7) is 3.10. The van der Waals surface area contributed by atoms with Crippen molar-refractivity contribution in [1.29, 1.82) is 0 Å². The first-order chi connectivity index (χ1) is 7.31. The minimum absolute atomic E-state index is 0.235. The van der Waals surface area contributed by atoms with E-state index < -0.39 is 16.1 Å². The molecule has 0 aliphatic rings. The van der Waals surface area contributed by atoms with Gasteiger partial charge >= 0.3 is 0 Å². The van der Waals surface area contributed by atoms with E-state index in [9.17, 15) is 13.2 Å². The van der Waals surface area contributed by atoms with Crippen LogP contribution in [0.4, 0.5) is 0 Å². The lowest BCUT2D eigenvalue weighted by Gasteiger charge is -2.20. The van der Waals surface area contributed by atoms with Crippen molar-refractivity contribution in [2.75, 3.05) is 6.26 Å². The van der Waals surface area contributed by atoms with Crippen LogP contribution in [0.25, 0.3) is 0 Å². The number of Topliss-reactive ketones (excluding diaryl/α,β-unsaturated/α-hetero) is 1. The normalized spacial score (nSPS) is 15.7. The number of carbonyl (C=O) groups is 1. The lowest BCUT2D eigenvalue weighted by atomic mass is 9.97. The zero-order valence-corrected chi connectivity index (χ0v) is 10.2. The number of hydrogen-bond donors (Lipinski definition) is 2. The van der Waals surface area contributed by atoms with Gasteiger partial charge in [-0.15, -0.1) is 0 Å². The summed E-state index contributed by atoms with van der Waals surface area (Å²) in [6, 6.07) is -0.779. The zero-order valence-electron chi connectivity index (χ0n) is 9.39. The quantitative estimate of drug-likeness (QED) is 0.765. The van der Waals surface area contributed by atoms with Crippen molar-refractivity contribution in [3.8, 4) is 0 Å². The van der Waals surface area contributed by atoms with E-state index in [1.54, 1.807) is 13.1 Å². The van der Waals surface area contributed by atoms with Crippen molar-refractivity contribution in [2.24, 2.45) is 0 Å². The molecule has 2 atom stereocenters. The van der Waals surface area contributed by atoms with Gasteiger partial charge in [-0.25, -0.2) is 18.1 Å². The summed E-state index contributed by atoms with van der Waals surface area (Å²) < 4.78 is 24.6. The average molecular weight is 245 g/mol. The molecule has 0 bridgehead atoms. The van der Waals surface area contributed by atoms with Crippen molar-refractivity contribution in [3.63, 3.8) is 0 Å². The third-order valence-electron chi connectivity index (χ3n) is 2.26. The standard InChI is InChI=1S/C9H15N3O3S/c1-6(8-4-10-5-11-8)9(7(2)13)12-16(3,14)15/h4-6,9,12H,1-3H3,(H,10,11)/t6?,9-/m0/s1. The van der Waals surface area contributed by atoms with Crippen LogP contribution in [0.5, 0.6) is 0 Å². The van der Waals surface area contributed by atoms with E-state index in [1.165, 1.54) is 13.3 Å². The summed E-state index contributed by atoms with van der Waals surface area (Å²) >= 11 is 0. The summed E-state index contributed by atoms with van der Waals surface area (Å²) in [5.41, 5.74) is 0.649. The van der Waals surface area contributed by atoms with Gasteiger partial charge in [0.15, 0.2) is 0 Å². The van der Waals surface area contributed by atoms with Gasteiger partial charge in [0.05, 0.1) is 24.3 Å². The highest BCUT2D eigenvalue weighted by Crippen LogP contribution is 2.17.